The van der Waals surface area contributed by atoms with Crippen LogP contribution in [0.1, 0.15) is 55.0 Å². The lowest BCUT2D eigenvalue weighted by Crippen LogP contribution is -2.54. The Kier molecular flexibility index (Phi) is 5.65. The van der Waals surface area contributed by atoms with Gasteiger partial charge in [-0.2, -0.15) is 5.10 Å². The molecule has 5 N–H and O–H groups in total. The van der Waals surface area contributed by atoms with E-state index in [1.165, 1.54) is 11.3 Å². The van der Waals surface area contributed by atoms with Crippen molar-refractivity contribution in [1.82, 2.24) is 20.4 Å². The van der Waals surface area contributed by atoms with E-state index in [-0.39, 0.29) is 24.4 Å². The number of hydrogen-bond acceptors (Lipinski definition) is 5. The number of rotatable bonds is 6. The Morgan fingerprint density at radius 3 is 2.72 bits per heavy atom. The molecule has 3 rings (SSSR count). The SMILES string of the molecule is CC[C@H](C)[C@H](NC(=O)N1Cc2c(NC(=O)c3cccs3)n[nH]c2C1(C)C)C(N)=O. The first kappa shape index (κ1) is 20.8. The van der Waals surface area contributed by atoms with Crippen molar-refractivity contribution in [3.63, 3.8) is 0 Å². The standard InChI is InChI=1S/C19H26N6O3S/c1-5-10(2)13(15(20)26)21-18(28)25-9-11-14(19(25,3)4)23-24-16(11)22-17(27)12-7-6-8-29-12/h6-8,10,13H,5,9H2,1-4H3,(H2,20,26)(H,21,28)(H2,22,23,24,27)/t10-,13-/m0/s1. The maximum absolute atomic E-state index is 13.0. The second kappa shape index (κ2) is 7.86. The number of hydrogen-bond donors (Lipinski definition) is 4. The summed E-state index contributed by atoms with van der Waals surface area (Å²) in [6.07, 6.45) is 0.707. The van der Waals surface area contributed by atoms with Gasteiger partial charge < -0.3 is 21.3 Å². The van der Waals surface area contributed by atoms with Crippen molar-refractivity contribution in [3.8, 4) is 0 Å². The van der Waals surface area contributed by atoms with Gasteiger partial charge in [-0.3, -0.25) is 14.7 Å². The van der Waals surface area contributed by atoms with Crippen LogP contribution in [-0.2, 0) is 16.9 Å². The van der Waals surface area contributed by atoms with Gasteiger partial charge in [-0.1, -0.05) is 26.3 Å². The molecule has 2 aromatic rings. The first-order valence-electron chi connectivity index (χ1n) is 9.46. The van der Waals surface area contributed by atoms with Crippen LogP contribution in [0.4, 0.5) is 10.6 Å². The van der Waals surface area contributed by atoms with Crippen molar-refractivity contribution < 1.29 is 14.4 Å². The van der Waals surface area contributed by atoms with Crippen LogP contribution in [0.25, 0.3) is 0 Å². The summed E-state index contributed by atoms with van der Waals surface area (Å²) in [5.74, 6) is -0.494. The topological polar surface area (TPSA) is 133 Å². The Labute approximate surface area is 173 Å². The predicted molar refractivity (Wildman–Crippen MR) is 110 cm³/mol. The molecule has 29 heavy (non-hydrogen) atoms. The zero-order chi connectivity index (χ0) is 21.3. The van der Waals surface area contributed by atoms with Crippen molar-refractivity contribution >= 4 is 35.0 Å². The molecule has 4 amide bonds. The van der Waals surface area contributed by atoms with E-state index in [1.54, 1.807) is 17.0 Å². The maximum Gasteiger partial charge on any atom is 0.319 e. The van der Waals surface area contributed by atoms with E-state index in [0.29, 0.717) is 17.1 Å². The molecule has 0 saturated heterocycles. The summed E-state index contributed by atoms with van der Waals surface area (Å²) in [6, 6.07) is 2.39. The fourth-order valence-electron chi connectivity index (χ4n) is 3.46. The lowest BCUT2D eigenvalue weighted by Gasteiger charge is -2.33. The van der Waals surface area contributed by atoms with Crippen LogP contribution in [0.3, 0.4) is 0 Å². The molecule has 0 aromatic carbocycles. The van der Waals surface area contributed by atoms with Crippen molar-refractivity contribution in [1.29, 1.82) is 0 Å². The van der Waals surface area contributed by atoms with Gasteiger partial charge in [-0.05, 0) is 31.2 Å². The van der Waals surface area contributed by atoms with E-state index < -0.39 is 17.5 Å². The molecule has 0 fully saturated rings. The molecule has 0 aliphatic carbocycles. The molecule has 2 aromatic heterocycles. The third-order valence-electron chi connectivity index (χ3n) is 5.49. The largest absolute Gasteiger partial charge is 0.368 e. The molecule has 0 saturated carbocycles. The molecule has 1 aliphatic rings. The first-order chi connectivity index (χ1) is 13.7. The average molecular weight is 419 g/mol. The van der Waals surface area contributed by atoms with Gasteiger partial charge in [0.1, 0.15) is 6.04 Å². The van der Waals surface area contributed by atoms with Gasteiger partial charge in [0, 0.05) is 5.56 Å². The van der Waals surface area contributed by atoms with Gasteiger partial charge in [0.25, 0.3) is 5.91 Å². The van der Waals surface area contributed by atoms with Crippen LogP contribution < -0.4 is 16.4 Å². The van der Waals surface area contributed by atoms with Crippen LogP contribution in [0.2, 0.25) is 0 Å². The summed E-state index contributed by atoms with van der Waals surface area (Å²) in [5.41, 5.74) is 6.27. The minimum absolute atomic E-state index is 0.0812. The van der Waals surface area contributed by atoms with Crippen LogP contribution in [0.5, 0.6) is 0 Å². The number of nitrogens with zero attached hydrogens (tertiary/aromatic N) is 2. The fraction of sp³-hybridized carbons (Fsp3) is 0.474. The highest BCUT2D eigenvalue weighted by atomic mass is 32.1. The van der Waals surface area contributed by atoms with E-state index in [0.717, 1.165) is 11.3 Å². The molecule has 0 spiro atoms. The quantitative estimate of drug-likeness (QED) is 0.573. The van der Waals surface area contributed by atoms with E-state index in [4.69, 9.17) is 5.73 Å². The van der Waals surface area contributed by atoms with Gasteiger partial charge in [-0.25, -0.2) is 4.79 Å². The predicted octanol–water partition coefficient (Wildman–Crippen LogP) is 2.38. The highest BCUT2D eigenvalue weighted by Crippen LogP contribution is 2.40. The molecule has 10 heteroatoms. The third kappa shape index (κ3) is 3.84. The fourth-order valence-corrected chi connectivity index (χ4v) is 4.08. The van der Waals surface area contributed by atoms with Crippen LogP contribution in [0, 0.1) is 5.92 Å². The molecule has 1 aliphatic heterocycles. The number of amides is 4. The number of urea groups is 1. The Morgan fingerprint density at radius 2 is 2.14 bits per heavy atom. The van der Waals surface area contributed by atoms with Crippen LogP contribution in [0.15, 0.2) is 17.5 Å². The Bertz CT molecular complexity index is 921. The summed E-state index contributed by atoms with van der Waals surface area (Å²) in [6.45, 7) is 7.81. The Morgan fingerprint density at radius 1 is 1.41 bits per heavy atom. The number of carbonyl (C=O) groups is 3. The summed E-state index contributed by atoms with van der Waals surface area (Å²) >= 11 is 1.34. The van der Waals surface area contributed by atoms with Gasteiger partial charge in [0.05, 0.1) is 22.7 Å². The van der Waals surface area contributed by atoms with Gasteiger partial charge in [0.2, 0.25) is 5.91 Å². The summed E-state index contributed by atoms with van der Waals surface area (Å²) < 4.78 is 0. The number of nitrogens with two attached hydrogens (primary N) is 1. The lowest BCUT2D eigenvalue weighted by molar-refractivity contribution is -0.121. The molecular formula is C19H26N6O3S. The van der Waals surface area contributed by atoms with Crippen molar-refractivity contribution in [3.05, 3.63) is 33.6 Å². The number of aromatic nitrogens is 2. The number of carbonyl (C=O) groups excluding carboxylic acids is 3. The highest BCUT2D eigenvalue weighted by molar-refractivity contribution is 7.12. The van der Waals surface area contributed by atoms with Gasteiger partial charge in [0.15, 0.2) is 5.82 Å². The monoisotopic (exact) mass is 418 g/mol. The molecule has 3 heterocycles. The molecule has 156 valence electrons. The Hall–Kier alpha value is -2.88. The summed E-state index contributed by atoms with van der Waals surface area (Å²) in [7, 11) is 0. The smallest absolute Gasteiger partial charge is 0.319 e. The number of H-pyrrole nitrogens is 1. The van der Waals surface area contributed by atoms with E-state index in [1.807, 2.05) is 33.1 Å². The number of primary amides is 1. The number of nitrogens with one attached hydrogen (secondary N) is 3. The number of thiophene rings is 1. The van der Waals surface area contributed by atoms with Crippen molar-refractivity contribution in [2.45, 2.75) is 52.2 Å². The molecule has 2 atom stereocenters. The third-order valence-corrected chi connectivity index (χ3v) is 6.36. The minimum Gasteiger partial charge on any atom is -0.368 e. The number of aromatic amines is 1. The minimum atomic E-state index is -0.752. The molecular weight excluding hydrogens is 392 g/mol. The summed E-state index contributed by atoms with van der Waals surface area (Å²) in [5, 5.41) is 14.6. The average Bonchev–Trinajstić information content (AvgIpc) is 3.37. The normalized spacial score (nSPS) is 16.8. The molecule has 0 unspecified atom stereocenters. The number of fused-ring (bicyclic) bond motifs is 1. The second-order valence-corrected chi connectivity index (χ2v) is 8.67. The van der Waals surface area contributed by atoms with Gasteiger partial charge in [-0.15, -0.1) is 11.3 Å². The van der Waals surface area contributed by atoms with Gasteiger partial charge >= 0.3 is 6.03 Å². The van der Waals surface area contributed by atoms with Crippen LogP contribution >= 0.6 is 11.3 Å². The van der Waals surface area contributed by atoms with E-state index >= 15 is 0 Å². The number of anilines is 1. The zero-order valence-corrected chi connectivity index (χ0v) is 17.7. The summed E-state index contributed by atoms with van der Waals surface area (Å²) in [4.78, 5) is 39.3. The Balaban J connectivity index is 1.79. The van der Waals surface area contributed by atoms with E-state index in [9.17, 15) is 14.4 Å². The van der Waals surface area contributed by atoms with Crippen LogP contribution in [-0.4, -0.2) is 39.0 Å². The highest BCUT2D eigenvalue weighted by Gasteiger charge is 2.44. The molecule has 9 nitrogen and oxygen atoms in total. The zero-order valence-electron chi connectivity index (χ0n) is 16.9. The van der Waals surface area contributed by atoms with Crippen molar-refractivity contribution in [2.24, 2.45) is 11.7 Å². The molecule has 0 radical (unpaired) electrons. The molecule has 0 bridgehead atoms. The second-order valence-electron chi connectivity index (χ2n) is 7.72. The van der Waals surface area contributed by atoms with E-state index in [2.05, 4.69) is 20.8 Å². The lowest BCUT2D eigenvalue weighted by atomic mass is 9.98. The maximum atomic E-state index is 13.0. The first-order valence-corrected chi connectivity index (χ1v) is 10.3. The van der Waals surface area contributed by atoms with Crippen molar-refractivity contribution in [2.75, 3.05) is 5.32 Å².